The van der Waals surface area contributed by atoms with E-state index in [1.807, 2.05) is 30.3 Å². The molecule has 1 aromatic rings. The van der Waals surface area contributed by atoms with Gasteiger partial charge >= 0.3 is 6.03 Å². The van der Waals surface area contributed by atoms with Gasteiger partial charge in [0.25, 0.3) is 0 Å². The van der Waals surface area contributed by atoms with Gasteiger partial charge in [0.2, 0.25) is 11.8 Å². The van der Waals surface area contributed by atoms with Gasteiger partial charge in [0.05, 0.1) is 13.2 Å². The standard InChI is InChI=1S/C15H19N3O4/c19-13-7-6-12(17-15(21)18-13)14(20)16-8-9-22-10-11-4-2-1-3-5-11/h1-5,12H,6-10H2,(H,16,20)(H2,17,18,19,21)/t12-/m0/s1. The van der Waals surface area contributed by atoms with Gasteiger partial charge in [-0.05, 0) is 12.0 Å². The second kappa shape index (κ2) is 8.14. The Hall–Kier alpha value is -2.41. The average Bonchev–Trinajstić information content (AvgIpc) is 2.68. The van der Waals surface area contributed by atoms with Crippen LogP contribution in [0.25, 0.3) is 0 Å². The fraction of sp³-hybridized carbons (Fsp3) is 0.400. The van der Waals surface area contributed by atoms with Crippen LogP contribution in [0.2, 0.25) is 0 Å². The van der Waals surface area contributed by atoms with E-state index in [9.17, 15) is 14.4 Å². The second-order valence-corrected chi connectivity index (χ2v) is 4.94. The summed E-state index contributed by atoms with van der Waals surface area (Å²) in [7, 11) is 0. The predicted molar refractivity (Wildman–Crippen MR) is 78.8 cm³/mol. The molecule has 2 rings (SSSR count). The molecule has 118 valence electrons. The van der Waals surface area contributed by atoms with Crippen LogP contribution < -0.4 is 16.0 Å². The molecular weight excluding hydrogens is 286 g/mol. The molecule has 1 atom stereocenters. The van der Waals surface area contributed by atoms with Gasteiger partial charge in [-0.15, -0.1) is 0 Å². The Bertz CT molecular complexity index is 533. The Morgan fingerprint density at radius 1 is 1.27 bits per heavy atom. The maximum absolute atomic E-state index is 11.9. The first-order valence-corrected chi connectivity index (χ1v) is 7.15. The zero-order valence-electron chi connectivity index (χ0n) is 12.1. The van der Waals surface area contributed by atoms with Crippen LogP contribution in [0, 0.1) is 0 Å². The molecular formula is C15H19N3O4. The molecule has 0 saturated carbocycles. The monoisotopic (exact) mass is 305 g/mol. The third-order valence-corrected chi connectivity index (χ3v) is 3.19. The fourth-order valence-electron chi connectivity index (χ4n) is 2.06. The molecule has 3 N–H and O–H groups in total. The zero-order chi connectivity index (χ0) is 15.8. The number of carbonyl (C=O) groups is 3. The first-order valence-electron chi connectivity index (χ1n) is 7.15. The lowest BCUT2D eigenvalue weighted by atomic mass is 10.1. The second-order valence-electron chi connectivity index (χ2n) is 4.94. The predicted octanol–water partition coefficient (Wildman–Crippen LogP) is 0.308. The highest BCUT2D eigenvalue weighted by Crippen LogP contribution is 2.02. The molecule has 4 amide bonds. The summed E-state index contributed by atoms with van der Waals surface area (Å²) in [5, 5.41) is 7.26. The lowest BCUT2D eigenvalue weighted by Gasteiger charge is -2.14. The number of ether oxygens (including phenoxy) is 1. The van der Waals surface area contributed by atoms with Crippen molar-refractivity contribution in [2.45, 2.75) is 25.5 Å². The van der Waals surface area contributed by atoms with E-state index in [1.54, 1.807) is 0 Å². The highest BCUT2D eigenvalue weighted by molar-refractivity contribution is 5.98. The van der Waals surface area contributed by atoms with Crippen molar-refractivity contribution in [3.63, 3.8) is 0 Å². The van der Waals surface area contributed by atoms with Crippen LogP contribution >= 0.6 is 0 Å². The number of amides is 4. The molecule has 22 heavy (non-hydrogen) atoms. The van der Waals surface area contributed by atoms with Crippen molar-refractivity contribution in [3.8, 4) is 0 Å². The minimum atomic E-state index is -0.694. The molecule has 1 aliphatic rings. The largest absolute Gasteiger partial charge is 0.375 e. The van der Waals surface area contributed by atoms with Crippen LogP contribution in [0.15, 0.2) is 30.3 Å². The molecule has 1 heterocycles. The Morgan fingerprint density at radius 3 is 2.82 bits per heavy atom. The number of urea groups is 1. The third-order valence-electron chi connectivity index (χ3n) is 3.19. The summed E-state index contributed by atoms with van der Waals surface area (Å²) in [5.74, 6) is -0.688. The number of hydrogen-bond acceptors (Lipinski definition) is 4. The molecule has 0 radical (unpaired) electrons. The summed E-state index contributed by atoms with van der Waals surface area (Å²) in [6.45, 7) is 1.20. The van der Waals surface area contributed by atoms with Gasteiger partial charge in [0, 0.05) is 13.0 Å². The van der Waals surface area contributed by atoms with Gasteiger partial charge in [-0.2, -0.15) is 0 Å². The molecule has 1 aliphatic heterocycles. The van der Waals surface area contributed by atoms with E-state index < -0.39 is 12.1 Å². The Morgan fingerprint density at radius 2 is 2.05 bits per heavy atom. The molecule has 0 spiro atoms. The van der Waals surface area contributed by atoms with Crippen LogP contribution in [-0.2, 0) is 20.9 Å². The maximum atomic E-state index is 11.9. The first kappa shape index (κ1) is 16.0. The van der Waals surface area contributed by atoms with E-state index in [0.717, 1.165) is 5.56 Å². The quantitative estimate of drug-likeness (QED) is 0.659. The number of imide groups is 1. The topological polar surface area (TPSA) is 96.5 Å². The first-order chi connectivity index (χ1) is 10.6. The van der Waals surface area contributed by atoms with Crippen LogP contribution in [0.3, 0.4) is 0 Å². The number of nitrogens with one attached hydrogen (secondary N) is 3. The van der Waals surface area contributed by atoms with Crippen molar-refractivity contribution in [3.05, 3.63) is 35.9 Å². The molecule has 1 saturated heterocycles. The van der Waals surface area contributed by atoms with Crippen molar-refractivity contribution < 1.29 is 19.1 Å². The van der Waals surface area contributed by atoms with Crippen LogP contribution in [-0.4, -0.2) is 37.0 Å². The van der Waals surface area contributed by atoms with Crippen molar-refractivity contribution >= 4 is 17.8 Å². The van der Waals surface area contributed by atoms with Gasteiger partial charge in [0.15, 0.2) is 0 Å². The minimum absolute atomic E-state index is 0.140. The zero-order valence-corrected chi connectivity index (χ0v) is 12.1. The third kappa shape index (κ3) is 5.17. The van der Waals surface area contributed by atoms with Crippen LogP contribution in [0.5, 0.6) is 0 Å². The van der Waals surface area contributed by atoms with Gasteiger partial charge in [-0.25, -0.2) is 4.79 Å². The fourth-order valence-corrected chi connectivity index (χ4v) is 2.06. The summed E-state index contributed by atoms with van der Waals surface area (Å²) < 4.78 is 5.45. The summed E-state index contributed by atoms with van der Waals surface area (Å²) >= 11 is 0. The Labute approximate surface area is 128 Å². The van der Waals surface area contributed by atoms with Gasteiger partial charge < -0.3 is 15.4 Å². The van der Waals surface area contributed by atoms with Gasteiger partial charge in [0.1, 0.15) is 6.04 Å². The van der Waals surface area contributed by atoms with Crippen molar-refractivity contribution in [1.29, 1.82) is 0 Å². The number of benzene rings is 1. The van der Waals surface area contributed by atoms with Crippen LogP contribution in [0.1, 0.15) is 18.4 Å². The molecule has 7 nitrogen and oxygen atoms in total. The Balaban J connectivity index is 1.65. The van der Waals surface area contributed by atoms with Gasteiger partial charge in [-0.3, -0.25) is 14.9 Å². The molecule has 0 unspecified atom stereocenters. The summed E-state index contributed by atoms with van der Waals surface area (Å²) in [4.78, 5) is 34.4. The Kier molecular flexibility index (Phi) is 5.91. The summed E-state index contributed by atoms with van der Waals surface area (Å²) in [5.41, 5.74) is 1.06. The van der Waals surface area contributed by atoms with Crippen molar-refractivity contribution in [1.82, 2.24) is 16.0 Å². The SMILES string of the molecule is O=C1CC[C@@H](C(=O)NCCOCc2ccccc2)NC(=O)N1. The lowest BCUT2D eigenvalue weighted by molar-refractivity contribution is -0.123. The van der Waals surface area contributed by atoms with E-state index in [4.69, 9.17) is 4.74 Å². The molecule has 7 heteroatoms. The average molecular weight is 305 g/mol. The molecule has 0 aromatic heterocycles. The number of rotatable bonds is 6. The molecule has 0 aliphatic carbocycles. The normalized spacial score (nSPS) is 18.1. The van der Waals surface area contributed by atoms with E-state index in [0.29, 0.717) is 19.8 Å². The lowest BCUT2D eigenvalue weighted by Crippen LogP contribution is -2.48. The summed E-state index contributed by atoms with van der Waals surface area (Å²) in [6, 6.07) is 8.40. The van der Waals surface area contributed by atoms with E-state index in [1.165, 1.54) is 0 Å². The van der Waals surface area contributed by atoms with Crippen molar-refractivity contribution in [2.75, 3.05) is 13.2 Å². The summed E-state index contributed by atoms with van der Waals surface area (Å²) in [6.07, 6.45) is 0.426. The molecule has 1 aromatic carbocycles. The van der Waals surface area contributed by atoms with E-state index >= 15 is 0 Å². The highest BCUT2D eigenvalue weighted by atomic mass is 16.5. The minimum Gasteiger partial charge on any atom is -0.375 e. The van der Waals surface area contributed by atoms with E-state index in [2.05, 4.69) is 16.0 Å². The highest BCUT2D eigenvalue weighted by Gasteiger charge is 2.25. The number of hydrogen-bond donors (Lipinski definition) is 3. The number of carbonyl (C=O) groups excluding carboxylic acids is 3. The molecule has 0 bridgehead atoms. The van der Waals surface area contributed by atoms with Gasteiger partial charge in [-0.1, -0.05) is 30.3 Å². The smallest absolute Gasteiger partial charge is 0.322 e. The maximum Gasteiger partial charge on any atom is 0.322 e. The van der Waals surface area contributed by atoms with E-state index in [-0.39, 0.29) is 24.7 Å². The molecule has 1 fully saturated rings. The van der Waals surface area contributed by atoms with Crippen molar-refractivity contribution in [2.24, 2.45) is 0 Å². The van der Waals surface area contributed by atoms with Crippen LogP contribution in [0.4, 0.5) is 4.79 Å².